The van der Waals surface area contributed by atoms with Crippen LogP contribution in [-0.4, -0.2) is 30.5 Å². The van der Waals surface area contributed by atoms with Gasteiger partial charge in [0, 0.05) is 11.4 Å². The molecule has 0 bridgehead atoms. The van der Waals surface area contributed by atoms with Crippen LogP contribution in [0.15, 0.2) is 18.2 Å². The lowest BCUT2D eigenvalue weighted by molar-refractivity contribution is 0.0942. The predicted molar refractivity (Wildman–Crippen MR) is 77.4 cm³/mol. The van der Waals surface area contributed by atoms with E-state index in [-0.39, 0.29) is 5.91 Å². The fourth-order valence-corrected chi connectivity index (χ4v) is 2.12. The van der Waals surface area contributed by atoms with E-state index in [1.54, 1.807) is 6.07 Å². The number of carbonyl (C=O) groups excluding carboxylic acids is 1. The summed E-state index contributed by atoms with van der Waals surface area (Å²) >= 11 is 3.55. The first kappa shape index (κ1) is 14.2. The van der Waals surface area contributed by atoms with Crippen LogP contribution in [0.5, 0.6) is 11.5 Å². The Morgan fingerprint density at radius 2 is 2.21 bits per heavy atom. The van der Waals surface area contributed by atoms with E-state index in [2.05, 4.69) is 28.2 Å². The molecule has 1 aromatic rings. The third-order valence-corrected chi connectivity index (χ3v) is 4.10. The van der Waals surface area contributed by atoms with Gasteiger partial charge in [-0.15, -0.1) is 0 Å². The van der Waals surface area contributed by atoms with Crippen LogP contribution in [0.4, 0.5) is 0 Å². The quantitative estimate of drug-likeness (QED) is 0.846. The number of ether oxygens (including phenoxy) is 2. The molecular weight excluding hydrogens is 310 g/mol. The van der Waals surface area contributed by atoms with Crippen LogP contribution in [0.25, 0.3) is 0 Å². The van der Waals surface area contributed by atoms with Crippen molar-refractivity contribution in [1.82, 2.24) is 5.32 Å². The van der Waals surface area contributed by atoms with Crippen molar-refractivity contribution in [1.29, 1.82) is 0 Å². The number of alkyl halides is 1. The molecule has 1 aromatic carbocycles. The van der Waals surface area contributed by atoms with Gasteiger partial charge in [0.05, 0.1) is 5.56 Å². The van der Waals surface area contributed by atoms with E-state index in [1.807, 2.05) is 12.1 Å². The van der Waals surface area contributed by atoms with Crippen molar-refractivity contribution < 1.29 is 14.3 Å². The summed E-state index contributed by atoms with van der Waals surface area (Å²) in [5.74, 6) is 1.08. The number of para-hydroxylation sites is 1. The number of nitrogens with one attached hydrogen (secondary N) is 1. The first-order valence-corrected chi connectivity index (χ1v) is 7.44. The first-order chi connectivity index (χ1) is 9.22. The number of benzene rings is 1. The molecule has 2 rings (SSSR count). The van der Waals surface area contributed by atoms with Crippen LogP contribution in [0.2, 0.25) is 0 Å². The molecular formula is C14H18BrNO3. The van der Waals surface area contributed by atoms with E-state index >= 15 is 0 Å². The zero-order valence-corrected chi connectivity index (χ0v) is 12.5. The smallest absolute Gasteiger partial charge is 0.255 e. The summed E-state index contributed by atoms with van der Waals surface area (Å²) in [7, 11) is 0. The van der Waals surface area contributed by atoms with Gasteiger partial charge < -0.3 is 14.8 Å². The van der Waals surface area contributed by atoms with E-state index in [0.717, 1.165) is 12.8 Å². The van der Waals surface area contributed by atoms with E-state index in [4.69, 9.17) is 9.47 Å². The van der Waals surface area contributed by atoms with E-state index in [9.17, 15) is 4.79 Å². The standard InChI is InChI=1S/C14H18BrNO3/c1-2-10(15)6-7-16-14(17)11-4-3-5-12-13(11)19-9-8-18-12/h3-5,10H,2,6-9H2,1H3,(H,16,17). The van der Waals surface area contributed by atoms with Gasteiger partial charge in [0.1, 0.15) is 13.2 Å². The molecule has 1 amide bonds. The van der Waals surface area contributed by atoms with E-state index in [1.165, 1.54) is 0 Å². The molecule has 1 unspecified atom stereocenters. The first-order valence-electron chi connectivity index (χ1n) is 6.53. The number of halogens is 1. The Kier molecular flexibility index (Phi) is 5.07. The second-order valence-electron chi connectivity index (χ2n) is 4.38. The molecule has 104 valence electrons. The summed E-state index contributed by atoms with van der Waals surface area (Å²) in [6, 6.07) is 5.38. The number of amides is 1. The van der Waals surface area contributed by atoms with Crippen LogP contribution >= 0.6 is 15.9 Å². The van der Waals surface area contributed by atoms with Crippen molar-refractivity contribution in [2.24, 2.45) is 0 Å². The molecule has 0 saturated carbocycles. The van der Waals surface area contributed by atoms with Gasteiger partial charge in [0.25, 0.3) is 5.91 Å². The van der Waals surface area contributed by atoms with Crippen LogP contribution < -0.4 is 14.8 Å². The Morgan fingerprint density at radius 1 is 1.42 bits per heavy atom. The molecule has 0 spiro atoms. The van der Waals surface area contributed by atoms with E-state index in [0.29, 0.717) is 41.6 Å². The second kappa shape index (κ2) is 6.80. The molecule has 0 fully saturated rings. The largest absolute Gasteiger partial charge is 0.486 e. The highest BCUT2D eigenvalue weighted by atomic mass is 79.9. The number of carbonyl (C=O) groups is 1. The van der Waals surface area contributed by atoms with Gasteiger partial charge in [-0.1, -0.05) is 28.9 Å². The summed E-state index contributed by atoms with van der Waals surface area (Å²) in [6.07, 6.45) is 1.96. The molecule has 4 nitrogen and oxygen atoms in total. The Balaban J connectivity index is 1.99. The van der Waals surface area contributed by atoms with Gasteiger partial charge in [0.15, 0.2) is 11.5 Å². The van der Waals surface area contributed by atoms with Gasteiger partial charge in [-0.05, 0) is 25.0 Å². The Morgan fingerprint density at radius 3 is 3.00 bits per heavy atom. The van der Waals surface area contributed by atoms with Gasteiger partial charge in [0.2, 0.25) is 0 Å². The lowest BCUT2D eigenvalue weighted by Gasteiger charge is -2.20. The molecule has 0 saturated heterocycles. The fourth-order valence-electron chi connectivity index (χ4n) is 1.89. The predicted octanol–water partition coefficient (Wildman–Crippen LogP) is 2.75. The fraction of sp³-hybridized carbons (Fsp3) is 0.500. The number of hydrogen-bond acceptors (Lipinski definition) is 3. The summed E-state index contributed by atoms with van der Waals surface area (Å²) in [5, 5.41) is 2.91. The van der Waals surface area contributed by atoms with Crippen molar-refractivity contribution >= 4 is 21.8 Å². The molecule has 1 aliphatic rings. The lowest BCUT2D eigenvalue weighted by atomic mass is 10.1. The van der Waals surface area contributed by atoms with Crippen LogP contribution in [0.3, 0.4) is 0 Å². The number of rotatable bonds is 5. The Labute approximate surface area is 121 Å². The third-order valence-electron chi connectivity index (χ3n) is 3.00. The van der Waals surface area contributed by atoms with Crippen molar-refractivity contribution in [3.8, 4) is 11.5 Å². The summed E-state index contributed by atoms with van der Waals surface area (Å²) in [5.41, 5.74) is 0.542. The Hall–Kier alpha value is -1.23. The minimum atomic E-state index is -0.113. The molecule has 1 N–H and O–H groups in total. The van der Waals surface area contributed by atoms with Crippen LogP contribution in [0.1, 0.15) is 30.1 Å². The molecule has 1 heterocycles. The molecule has 1 aliphatic heterocycles. The van der Waals surface area contributed by atoms with Crippen molar-refractivity contribution in [3.63, 3.8) is 0 Å². The topological polar surface area (TPSA) is 47.6 Å². The zero-order valence-electron chi connectivity index (χ0n) is 10.9. The van der Waals surface area contributed by atoms with Crippen LogP contribution in [-0.2, 0) is 0 Å². The maximum absolute atomic E-state index is 12.1. The third kappa shape index (κ3) is 3.62. The van der Waals surface area contributed by atoms with Gasteiger partial charge in [-0.2, -0.15) is 0 Å². The average molecular weight is 328 g/mol. The zero-order chi connectivity index (χ0) is 13.7. The minimum Gasteiger partial charge on any atom is -0.486 e. The summed E-state index contributed by atoms with van der Waals surface area (Å²) < 4.78 is 11.0. The normalized spacial score (nSPS) is 14.8. The monoisotopic (exact) mass is 327 g/mol. The van der Waals surface area contributed by atoms with Crippen molar-refractivity contribution in [2.75, 3.05) is 19.8 Å². The van der Waals surface area contributed by atoms with Gasteiger partial charge >= 0.3 is 0 Å². The van der Waals surface area contributed by atoms with Crippen molar-refractivity contribution in [2.45, 2.75) is 24.6 Å². The maximum atomic E-state index is 12.1. The minimum absolute atomic E-state index is 0.113. The average Bonchev–Trinajstić information content (AvgIpc) is 2.46. The Bertz CT molecular complexity index is 450. The van der Waals surface area contributed by atoms with E-state index < -0.39 is 0 Å². The second-order valence-corrected chi connectivity index (χ2v) is 5.67. The highest BCUT2D eigenvalue weighted by Gasteiger charge is 2.20. The molecule has 0 radical (unpaired) electrons. The summed E-state index contributed by atoms with van der Waals surface area (Å²) in [4.78, 5) is 12.6. The highest BCUT2D eigenvalue weighted by molar-refractivity contribution is 9.09. The molecule has 0 aromatic heterocycles. The van der Waals surface area contributed by atoms with Gasteiger partial charge in [-0.25, -0.2) is 0 Å². The SMILES string of the molecule is CCC(Br)CCNC(=O)c1cccc2c1OCCO2. The van der Waals surface area contributed by atoms with Crippen LogP contribution in [0, 0.1) is 0 Å². The van der Waals surface area contributed by atoms with Gasteiger partial charge in [-0.3, -0.25) is 4.79 Å². The molecule has 5 heteroatoms. The van der Waals surface area contributed by atoms with Crippen molar-refractivity contribution in [3.05, 3.63) is 23.8 Å². The molecule has 1 atom stereocenters. The lowest BCUT2D eigenvalue weighted by Crippen LogP contribution is -2.27. The molecule has 0 aliphatic carbocycles. The number of hydrogen-bond donors (Lipinski definition) is 1. The maximum Gasteiger partial charge on any atom is 0.255 e. The summed E-state index contributed by atoms with van der Waals surface area (Å²) in [6.45, 7) is 3.77. The highest BCUT2D eigenvalue weighted by Crippen LogP contribution is 2.33. The number of fused-ring (bicyclic) bond motifs is 1. The molecule has 19 heavy (non-hydrogen) atoms.